The van der Waals surface area contributed by atoms with Crippen molar-refractivity contribution in [2.24, 2.45) is 0 Å². The maximum atomic E-state index is 12.1. The second kappa shape index (κ2) is 7.21. The van der Waals surface area contributed by atoms with Crippen molar-refractivity contribution in [3.63, 3.8) is 0 Å². The molecule has 0 radical (unpaired) electrons. The average molecular weight is 317 g/mol. The third-order valence-electron chi connectivity index (χ3n) is 3.55. The predicted molar refractivity (Wildman–Crippen MR) is 84.5 cm³/mol. The SMILES string of the molecule is COCc1cc(C(=O)Nc2ccc(N3CCNCC3)cn2)no1. The lowest BCUT2D eigenvalue weighted by Crippen LogP contribution is -2.43. The maximum absolute atomic E-state index is 12.1. The molecule has 0 unspecified atom stereocenters. The van der Waals surface area contributed by atoms with Gasteiger partial charge in [0.15, 0.2) is 11.5 Å². The summed E-state index contributed by atoms with van der Waals surface area (Å²) >= 11 is 0. The maximum Gasteiger partial charge on any atom is 0.279 e. The Labute approximate surface area is 133 Å². The first kappa shape index (κ1) is 15.4. The van der Waals surface area contributed by atoms with Gasteiger partial charge in [-0.15, -0.1) is 0 Å². The highest BCUT2D eigenvalue weighted by Gasteiger charge is 2.14. The zero-order chi connectivity index (χ0) is 16.1. The first-order valence-electron chi connectivity index (χ1n) is 7.44. The summed E-state index contributed by atoms with van der Waals surface area (Å²) in [6.07, 6.45) is 1.76. The molecule has 0 atom stereocenters. The number of nitrogens with zero attached hydrogens (tertiary/aromatic N) is 3. The first-order chi connectivity index (χ1) is 11.3. The molecular weight excluding hydrogens is 298 g/mol. The number of ether oxygens (including phenoxy) is 1. The van der Waals surface area contributed by atoms with Gasteiger partial charge >= 0.3 is 0 Å². The van der Waals surface area contributed by atoms with Gasteiger partial charge in [0.05, 0.1) is 11.9 Å². The molecule has 2 aromatic heterocycles. The van der Waals surface area contributed by atoms with E-state index >= 15 is 0 Å². The number of carbonyl (C=O) groups excluding carboxylic acids is 1. The van der Waals surface area contributed by atoms with E-state index in [0.29, 0.717) is 11.6 Å². The molecule has 1 aliphatic heterocycles. The molecule has 1 amide bonds. The van der Waals surface area contributed by atoms with Crippen LogP contribution in [0.1, 0.15) is 16.2 Å². The van der Waals surface area contributed by atoms with Crippen LogP contribution < -0.4 is 15.5 Å². The van der Waals surface area contributed by atoms with Crippen molar-refractivity contribution in [3.8, 4) is 0 Å². The van der Waals surface area contributed by atoms with E-state index in [2.05, 4.69) is 25.7 Å². The number of rotatable bonds is 5. The van der Waals surface area contributed by atoms with E-state index in [1.807, 2.05) is 6.07 Å². The first-order valence-corrected chi connectivity index (χ1v) is 7.44. The van der Waals surface area contributed by atoms with Crippen LogP contribution in [0.5, 0.6) is 0 Å². The molecule has 2 N–H and O–H groups in total. The Bertz CT molecular complexity index is 649. The van der Waals surface area contributed by atoms with Gasteiger partial charge in [-0.05, 0) is 12.1 Å². The van der Waals surface area contributed by atoms with Crippen molar-refractivity contribution in [1.29, 1.82) is 0 Å². The van der Waals surface area contributed by atoms with Gasteiger partial charge in [0.1, 0.15) is 12.4 Å². The largest absolute Gasteiger partial charge is 0.377 e. The third kappa shape index (κ3) is 3.85. The molecule has 0 aromatic carbocycles. The number of piperazine rings is 1. The fourth-order valence-corrected chi connectivity index (χ4v) is 2.38. The Morgan fingerprint density at radius 2 is 2.26 bits per heavy atom. The molecule has 0 spiro atoms. The van der Waals surface area contributed by atoms with Gasteiger partial charge in [-0.3, -0.25) is 4.79 Å². The summed E-state index contributed by atoms with van der Waals surface area (Å²) in [6.45, 7) is 4.12. The zero-order valence-corrected chi connectivity index (χ0v) is 12.9. The van der Waals surface area contributed by atoms with Crippen LogP contribution in [0.4, 0.5) is 11.5 Å². The molecule has 3 rings (SSSR count). The van der Waals surface area contributed by atoms with Gasteiger partial charge in [-0.25, -0.2) is 4.98 Å². The Balaban J connectivity index is 1.61. The minimum Gasteiger partial charge on any atom is -0.377 e. The van der Waals surface area contributed by atoms with Crippen LogP contribution in [-0.2, 0) is 11.3 Å². The van der Waals surface area contributed by atoms with Gasteiger partial charge in [0.2, 0.25) is 0 Å². The molecule has 1 fully saturated rings. The number of pyridine rings is 1. The predicted octanol–water partition coefficient (Wildman–Crippen LogP) is 0.878. The van der Waals surface area contributed by atoms with Crippen LogP contribution in [0.2, 0.25) is 0 Å². The van der Waals surface area contributed by atoms with E-state index in [1.165, 1.54) is 0 Å². The number of methoxy groups -OCH3 is 1. The molecule has 3 heterocycles. The number of hydrogen-bond donors (Lipinski definition) is 2. The van der Waals surface area contributed by atoms with Crippen molar-refractivity contribution in [2.75, 3.05) is 43.5 Å². The number of nitrogens with one attached hydrogen (secondary N) is 2. The van der Waals surface area contributed by atoms with Crippen LogP contribution >= 0.6 is 0 Å². The van der Waals surface area contributed by atoms with E-state index < -0.39 is 0 Å². The monoisotopic (exact) mass is 317 g/mol. The number of anilines is 2. The number of amides is 1. The van der Waals surface area contributed by atoms with Crippen LogP contribution in [-0.4, -0.2) is 49.3 Å². The quantitative estimate of drug-likeness (QED) is 0.845. The number of carbonyl (C=O) groups is 1. The van der Waals surface area contributed by atoms with E-state index in [4.69, 9.17) is 9.26 Å². The fraction of sp³-hybridized carbons (Fsp3) is 0.400. The standard InChI is InChI=1S/C15H19N5O3/c1-22-10-12-8-13(19-23-12)15(21)18-14-3-2-11(9-17-14)20-6-4-16-5-7-20/h2-3,8-9,16H,4-7,10H2,1H3,(H,17,18,21). The van der Waals surface area contributed by atoms with Crippen LogP contribution in [0.15, 0.2) is 28.9 Å². The Morgan fingerprint density at radius 1 is 1.43 bits per heavy atom. The highest BCUT2D eigenvalue weighted by Crippen LogP contribution is 2.16. The van der Waals surface area contributed by atoms with Gasteiger partial charge in [0.25, 0.3) is 5.91 Å². The normalized spacial score (nSPS) is 14.7. The van der Waals surface area contributed by atoms with Gasteiger partial charge in [-0.1, -0.05) is 5.16 Å². The van der Waals surface area contributed by atoms with Crippen molar-refractivity contribution in [3.05, 3.63) is 35.9 Å². The lowest BCUT2D eigenvalue weighted by Gasteiger charge is -2.29. The third-order valence-corrected chi connectivity index (χ3v) is 3.55. The smallest absolute Gasteiger partial charge is 0.279 e. The lowest BCUT2D eigenvalue weighted by atomic mass is 10.3. The van der Waals surface area contributed by atoms with Gasteiger partial charge < -0.3 is 24.8 Å². The molecule has 2 aromatic rings. The molecule has 1 aliphatic rings. The second-order valence-electron chi connectivity index (χ2n) is 5.20. The van der Waals surface area contributed by atoms with Crippen molar-refractivity contribution in [2.45, 2.75) is 6.61 Å². The summed E-state index contributed by atoms with van der Waals surface area (Å²) in [5, 5.41) is 9.72. The van der Waals surface area contributed by atoms with Crippen LogP contribution in [0, 0.1) is 0 Å². The van der Waals surface area contributed by atoms with Gasteiger partial charge in [0, 0.05) is 39.4 Å². The van der Waals surface area contributed by atoms with E-state index in [-0.39, 0.29) is 18.2 Å². The summed E-state index contributed by atoms with van der Waals surface area (Å²) in [7, 11) is 1.55. The highest BCUT2D eigenvalue weighted by molar-refractivity contribution is 6.02. The zero-order valence-electron chi connectivity index (χ0n) is 12.9. The van der Waals surface area contributed by atoms with Crippen molar-refractivity contribution < 1.29 is 14.1 Å². The van der Waals surface area contributed by atoms with Crippen molar-refractivity contribution in [1.82, 2.24) is 15.5 Å². The molecule has 122 valence electrons. The Morgan fingerprint density at radius 3 is 2.96 bits per heavy atom. The summed E-state index contributed by atoms with van der Waals surface area (Å²) < 4.78 is 9.92. The molecule has 0 bridgehead atoms. The lowest BCUT2D eigenvalue weighted by molar-refractivity contribution is 0.101. The average Bonchev–Trinajstić information content (AvgIpc) is 3.06. The highest BCUT2D eigenvalue weighted by atomic mass is 16.5. The van der Waals surface area contributed by atoms with E-state index in [0.717, 1.165) is 31.9 Å². The van der Waals surface area contributed by atoms with Crippen molar-refractivity contribution >= 4 is 17.4 Å². The number of hydrogen-bond acceptors (Lipinski definition) is 7. The Kier molecular flexibility index (Phi) is 4.84. The molecule has 0 aliphatic carbocycles. The number of aromatic nitrogens is 2. The Hall–Kier alpha value is -2.45. The topological polar surface area (TPSA) is 92.5 Å². The molecule has 0 saturated carbocycles. The molecule has 8 heteroatoms. The summed E-state index contributed by atoms with van der Waals surface area (Å²) in [5.41, 5.74) is 1.25. The molecule has 1 saturated heterocycles. The van der Waals surface area contributed by atoms with Crippen LogP contribution in [0.25, 0.3) is 0 Å². The molecule has 8 nitrogen and oxygen atoms in total. The summed E-state index contributed by atoms with van der Waals surface area (Å²) in [6, 6.07) is 5.28. The minimum absolute atomic E-state index is 0.199. The summed E-state index contributed by atoms with van der Waals surface area (Å²) in [4.78, 5) is 18.6. The minimum atomic E-state index is -0.362. The van der Waals surface area contributed by atoms with E-state index in [1.54, 1.807) is 25.4 Å². The second-order valence-corrected chi connectivity index (χ2v) is 5.20. The summed E-state index contributed by atoms with van der Waals surface area (Å²) in [5.74, 6) is 0.614. The van der Waals surface area contributed by atoms with Gasteiger partial charge in [-0.2, -0.15) is 0 Å². The molecular formula is C15H19N5O3. The molecule has 23 heavy (non-hydrogen) atoms. The van der Waals surface area contributed by atoms with E-state index in [9.17, 15) is 4.79 Å². The van der Waals surface area contributed by atoms with Crippen LogP contribution in [0.3, 0.4) is 0 Å². The fourth-order valence-electron chi connectivity index (χ4n) is 2.38.